The first kappa shape index (κ1) is 22.1. The van der Waals surface area contributed by atoms with Gasteiger partial charge in [0.05, 0.1) is 23.5 Å². The van der Waals surface area contributed by atoms with E-state index in [1.54, 1.807) is 25.4 Å². The minimum absolute atomic E-state index is 0.00443. The molecule has 12 heteroatoms. The quantitative estimate of drug-likeness (QED) is 0.447. The average Bonchev–Trinajstić information content (AvgIpc) is 3.25. The summed E-state index contributed by atoms with van der Waals surface area (Å²) in [5.74, 6) is 0.761. The Kier molecular flexibility index (Phi) is 6.88. The van der Waals surface area contributed by atoms with Gasteiger partial charge in [0.2, 0.25) is 5.82 Å². The van der Waals surface area contributed by atoms with E-state index in [1.165, 1.54) is 12.1 Å². The van der Waals surface area contributed by atoms with Gasteiger partial charge in [-0.15, -0.1) is 10.2 Å². The average molecular weight is 506 g/mol. The number of aromatic nitrogens is 6. The van der Waals surface area contributed by atoms with E-state index in [0.717, 1.165) is 41.0 Å². The van der Waals surface area contributed by atoms with Crippen LogP contribution in [0, 0.1) is 5.82 Å². The van der Waals surface area contributed by atoms with Crippen molar-refractivity contribution in [3.05, 3.63) is 40.9 Å². The molecule has 0 saturated carbocycles. The number of carbonyl (C=O) groups excluding carboxylic acids is 1. The van der Waals surface area contributed by atoms with Gasteiger partial charge < -0.3 is 14.4 Å². The molecule has 0 N–H and O–H groups in total. The number of hydrogen-bond donors (Lipinski definition) is 0. The van der Waals surface area contributed by atoms with Gasteiger partial charge in [0.15, 0.2) is 6.54 Å². The third kappa shape index (κ3) is 5.36. The summed E-state index contributed by atoms with van der Waals surface area (Å²) in [7, 11) is 0. The van der Waals surface area contributed by atoms with E-state index in [0.29, 0.717) is 18.1 Å². The molecule has 32 heavy (non-hydrogen) atoms. The monoisotopic (exact) mass is 505 g/mol. The highest BCUT2D eigenvalue weighted by Gasteiger charge is 2.23. The summed E-state index contributed by atoms with van der Waals surface area (Å²) in [6, 6.07) is 4.41. The van der Waals surface area contributed by atoms with Crippen molar-refractivity contribution < 1.29 is 18.7 Å². The molecule has 1 aromatic carbocycles. The lowest BCUT2D eigenvalue weighted by molar-refractivity contribution is -0.144. The molecule has 3 aromatic rings. The van der Waals surface area contributed by atoms with E-state index in [9.17, 15) is 9.18 Å². The fourth-order valence-electron chi connectivity index (χ4n) is 3.28. The van der Waals surface area contributed by atoms with Crippen LogP contribution < -0.4 is 9.64 Å². The largest absolute Gasteiger partial charge is 0.489 e. The number of halogens is 2. The van der Waals surface area contributed by atoms with Crippen LogP contribution in [0.3, 0.4) is 0 Å². The summed E-state index contributed by atoms with van der Waals surface area (Å²) >= 11 is 3.39. The molecule has 0 amide bonds. The first-order valence-corrected chi connectivity index (χ1v) is 10.9. The summed E-state index contributed by atoms with van der Waals surface area (Å²) in [6.07, 6.45) is 4.78. The van der Waals surface area contributed by atoms with E-state index in [1.807, 2.05) is 0 Å². The topological polar surface area (TPSA) is 108 Å². The summed E-state index contributed by atoms with van der Waals surface area (Å²) in [4.78, 5) is 23.6. The van der Waals surface area contributed by atoms with Crippen molar-refractivity contribution in [3.63, 3.8) is 0 Å². The molecule has 1 saturated heterocycles. The number of piperidine rings is 1. The molecule has 4 rings (SSSR count). The molecule has 0 atom stereocenters. The second kappa shape index (κ2) is 9.98. The van der Waals surface area contributed by atoms with E-state index in [-0.39, 0.29) is 24.3 Å². The van der Waals surface area contributed by atoms with Crippen LogP contribution in [0.2, 0.25) is 0 Å². The minimum atomic E-state index is -0.435. The van der Waals surface area contributed by atoms with Gasteiger partial charge in [-0.2, -0.15) is 4.80 Å². The van der Waals surface area contributed by atoms with Crippen LogP contribution >= 0.6 is 15.9 Å². The highest BCUT2D eigenvalue weighted by molar-refractivity contribution is 9.10. The Hall–Kier alpha value is -3.15. The zero-order chi connectivity index (χ0) is 22.5. The summed E-state index contributed by atoms with van der Waals surface area (Å²) in [5.41, 5.74) is 0.457. The zero-order valence-electron chi connectivity index (χ0n) is 17.3. The van der Waals surface area contributed by atoms with Crippen molar-refractivity contribution in [2.24, 2.45) is 0 Å². The van der Waals surface area contributed by atoms with E-state index < -0.39 is 5.97 Å². The number of benzene rings is 1. The zero-order valence-corrected chi connectivity index (χ0v) is 18.9. The van der Waals surface area contributed by atoms with Gasteiger partial charge in [0, 0.05) is 32.0 Å². The van der Waals surface area contributed by atoms with E-state index in [2.05, 4.69) is 46.2 Å². The Morgan fingerprint density at radius 3 is 2.78 bits per heavy atom. The Bertz CT molecular complexity index is 1070. The maximum absolute atomic E-state index is 13.5. The Morgan fingerprint density at radius 2 is 2.06 bits per heavy atom. The molecule has 1 aliphatic rings. The SMILES string of the molecule is CCOC(=O)Cn1nnc(-c2cnc(N3CCC(Oc4cc(F)ccc4Br)CC3)cn2)n1. The van der Waals surface area contributed by atoms with Crippen molar-refractivity contribution in [3.8, 4) is 17.3 Å². The van der Waals surface area contributed by atoms with Crippen molar-refractivity contribution in [2.45, 2.75) is 32.4 Å². The van der Waals surface area contributed by atoms with E-state index >= 15 is 0 Å². The molecule has 0 aliphatic carbocycles. The van der Waals surface area contributed by atoms with Gasteiger partial charge in [0.1, 0.15) is 29.2 Å². The fraction of sp³-hybridized carbons (Fsp3) is 0.400. The number of carbonyl (C=O) groups is 1. The molecule has 10 nitrogen and oxygen atoms in total. The van der Waals surface area contributed by atoms with Crippen molar-refractivity contribution in [1.82, 2.24) is 30.2 Å². The number of rotatable bonds is 7. The molecule has 3 heterocycles. The normalized spacial score (nSPS) is 14.4. The predicted molar refractivity (Wildman–Crippen MR) is 115 cm³/mol. The highest BCUT2D eigenvalue weighted by Crippen LogP contribution is 2.29. The molecule has 2 aromatic heterocycles. The second-order valence-corrected chi connectivity index (χ2v) is 7.94. The molecular formula is C20H21BrFN7O3. The fourth-order valence-corrected chi connectivity index (χ4v) is 3.62. The first-order valence-electron chi connectivity index (χ1n) is 10.1. The van der Waals surface area contributed by atoms with Gasteiger partial charge in [-0.05, 0) is 40.2 Å². The maximum Gasteiger partial charge on any atom is 0.329 e. The Balaban J connectivity index is 1.33. The number of hydrogen-bond acceptors (Lipinski definition) is 9. The predicted octanol–water partition coefficient (Wildman–Crippen LogP) is 2.64. The molecule has 168 valence electrons. The molecule has 1 aliphatic heterocycles. The number of tetrazole rings is 1. The second-order valence-electron chi connectivity index (χ2n) is 7.09. The molecular weight excluding hydrogens is 485 g/mol. The van der Waals surface area contributed by atoms with Gasteiger partial charge in [-0.3, -0.25) is 0 Å². The standard InChI is InChI=1S/C20H21BrFN7O3/c1-2-31-19(30)12-29-26-20(25-27-29)16-10-24-18(11-23-16)28-7-5-14(6-8-28)32-17-9-13(22)3-4-15(17)21/h3-4,9-11,14H,2,5-8,12H2,1H3. The van der Waals surface area contributed by atoms with Crippen LogP contribution in [0.15, 0.2) is 35.1 Å². The van der Waals surface area contributed by atoms with Gasteiger partial charge in [0.25, 0.3) is 0 Å². The number of ether oxygens (including phenoxy) is 2. The Morgan fingerprint density at radius 1 is 1.25 bits per heavy atom. The van der Waals surface area contributed by atoms with Crippen molar-refractivity contribution in [2.75, 3.05) is 24.6 Å². The van der Waals surface area contributed by atoms with Crippen LogP contribution in [-0.2, 0) is 16.1 Å². The Labute approximate surface area is 191 Å². The van der Waals surface area contributed by atoms with E-state index in [4.69, 9.17) is 9.47 Å². The van der Waals surface area contributed by atoms with Crippen LogP contribution in [0.1, 0.15) is 19.8 Å². The first-order chi connectivity index (χ1) is 15.5. The molecule has 0 unspecified atom stereocenters. The number of esters is 1. The summed E-state index contributed by atoms with van der Waals surface area (Å²) in [5, 5.41) is 11.9. The molecule has 0 radical (unpaired) electrons. The molecule has 0 spiro atoms. The van der Waals surface area contributed by atoms with Crippen LogP contribution in [0.4, 0.5) is 10.2 Å². The smallest absolute Gasteiger partial charge is 0.329 e. The maximum atomic E-state index is 13.5. The lowest BCUT2D eigenvalue weighted by Crippen LogP contribution is -2.38. The lowest BCUT2D eigenvalue weighted by Gasteiger charge is -2.32. The van der Waals surface area contributed by atoms with Crippen molar-refractivity contribution in [1.29, 1.82) is 0 Å². The summed E-state index contributed by atoms with van der Waals surface area (Å²) in [6.45, 7) is 3.38. The molecule has 1 fully saturated rings. The third-order valence-electron chi connectivity index (χ3n) is 4.85. The highest BCUT2D eigenvalue weighted by atomic mass is 79.9. The van der Waals surface area contributed by atoms with Crippen LogP contribution in [0.25, 0.3) is 11.5 Å². The number of anilines is 1. The van der Waals surface area contributed by atoms with Gasteiger partial charge >= 0.3 is 5.97 Å². The third-order valence-corrected chi connectivity index (χ3v) is 5.50. The van der Waals surface area contributed by atoms with Crippen molar-refractivity contribution >= 4 is 27.7 Å². The minimum Gasteiger partial charge on any atom is -0.489 e. The van der Waals surface area contributed by atoms with Crippen LogP contribution in [0.5, 0.6) is 5.75 Å². The van der Waals surface area contributed by atoms with Gasteiger partial charge in [-0.25, -0.2) is 19.2 Å². The lowest BCUT2D eigenvalue weighted by atomic mass is 10.1. The summed E-state index contributed by atoms with van der Waals surface area (Å²) < 4.78 is 25.0. The van der Waals surface area contributed by atoms with Gasteiger partial charge in [-0.1, -0.05) is 0 Å². The van der Waals surface area contributed by atoms with Crippen LogP contribution in [-0.4, -0.2) is 61.9 Å². The molecule has 0 bridgehead atoms. The number of nitrogens with zero attached hydrogens (tertiary/aromatic N) is 7.